The largest absolute Gasteiger partial charge is 0.325 e. The van der Waals surface area contributed by atoms with E-state index < -0.39 is 10.2 Å². The molecule has 1 aromatic carbocycles. The maximum atomic E-state index is 12.1. The van der Waals surface area contributed by atoms with E-state index in [0.717, 1.165) is 25.0 Å². The third-order valence-electron chi connectivity index (χ3n) is 2.86. The van der Waals surface area contributed by atoms with Crippen LogP contribution >= 0.6 is 11.8 Å². The second kappa shape index (κ2) is 6.47. The monoisotopic (exact) mass is 315 g/mol. The first-order chi connectivity index (χ1) is 9.44. The maximum Gasteiger partial charge on any atom is 0.296 e. The molecule has 1 fully saturated rings. The van der Waals surface area contributed by atoms with Crippen molar-refractivity contribution >= 4 is 39.3 Å². The van der Waals surface area contributed by atoms with Crippen LogP contribution in [-0.4, -0.2) is 25.3 Å². The summed E-state index contributed by atoms with van der Waals surface area (Å²) in [6.07, 6.45) is 3.10. The first-order valence-electron chi connectivity index (χ1n) is 6.27. The molecule has 0 aromatic heterocycles. The van der Waals surface area contributed by atoms with E-state index in [4.69, 9.17) is 5.14 Å². The fourth-order valence-electron chi connectivity index (χ4n) is 1.99. The van der Waals surface area contributed by atoms with Crippen molar-refractivity contribution in [2.24, 2.45) is 5.14 Å². The molecule has 2 rings (SSSR count). The van der Waals surface area contributed by atoms with Crippen LogP contribution in [-0.2, 0) is 15.0 Å². The SMILES string of the molecule is NS(=O)(=O)Nc1cccc(NC(=O)C2CCCCS2)c1. The Morgan fingerprint density at radius 3 is 2.70 bits per heavy atom. The summed E-state index contributed by atoms with van der Waals surface area (Å²) in [5, 5.41) is 7.68. The van der Waals surface area contributed by atoms with E-state index in [1.54, 1.807) is 30.0 Å². The molecule has 0 aliphatic carbocycles. The van der Waals surface area contributed by atoms with E-state index in [0.29, 0.717) is 11.4 Å². The van der Waals surface area contributed by atoms with Crippen LogP contribution in [0.15, 0.2) is 24.3 Å². The molecule has 0 spiro atoms. The third kappa shape index (κ3) is 4.69. The molecule has 1 atom stereocenters. The Morgan fingerprint density at radius 2 is 2.05 bits per heavy atom. The molecule has 1 aliphatic rings. The molecule has 1 aliphatic heterocycles. The summed E-state index contributed by atoms with van der Waals surface area (Å²) in [5.41, 5.74) is 0.872. The number of rotatable bonds is 4. The highest BCUT2D eigenvalue weighted by molar-refractivity contribution is 8.00. The number of hydrogen-bond donors (Lipinski definition) is 3. The highest BCUT2D eigenvalue weighted by atomic mass is 32.2. The number of anilines is 2. The van der Waals surface area contributed by atoms with Crippen LogP contribution in [0.1, 0.15) is 19.3 Å². The van der Waals surface area contributed by atoms with Gasteiger partial charge in [0, 0.05) is 5.69 Å². The molecule has 20 heavy (non-hydrogen) atoms. The number of nitrogens with two attached hydrogens (primary N) is 1. The van der Waals surface area contributed by atoms with Crippen LogP contribution < -0.4 is 15.2 Å². The molecule has 8 heteroatoms. The topological polar surface area (TPSA) is 101 Å². The molecule has 0 saturated carbocycles. The lowest BCUT2D eigenvalue weighted by molar-refractivity contribution is -0.115. The Balaban J connectivity index is 2.02. The van der Waals surface area contributed by atoms with Gasteiger partial charge in [-0.05, 0) is 36.8 Å². The standard InChI is InChI=1S/C12H17N3O3S2/c13-20(17,18)15-10-5-3-4-9(8-10)14-12(16)11-6-1-2-7-19-11/h3-5,8,11,15H,1-2,6-7H2,(H,14,16)(H2,13,17,18). The second-order valence-electron chi connectivity index (χ2n) is 4.57. The summed E-state index contributed by atoms with van der Waals surface area (Å²) in [4.78, 5) is 12.1. The van der Waals surface area contributed by atoms with Crippen molar-refractivity contribution in [1.29, 1.82) is 0 Å². The maximum absolute atomic E-state index is 12.1. The van der Waals surface area contributed by atoms with Gasteiger partial charge in [-0.3, -0.25) is 9.52 Å². The lowest BCUT2D eigenvalue weighted by Crippen LogP contribution is -2.27. The van der Waals surface area contributed by atoms with Crippen LogP contribution in [0.4, 0.5) is 11.4 Å². The fraction of sp³-hybridized carbons (Fsp3) is 0.417. The highest BCUT2D eigenvalue weighted by Gasteiger charge is 2.21. The molecule has 110 valence electrons. The Kier molecular flexibility index (Phi) is 4.90. The lowest BCUT2D eigenvalue weighted by atomic mass is 10.2. The zero-order valence-electron chi connectivity index (χ0n) is 10.8. The van der Waals surface area contributed by atoms with Crippen molar-refractivity contribution in [3.63, 3.8) is 0 Å². The van der Waals surface area contributed by atoms with E-state index in [9.17, 15) is 13.2 Å². The lowest BCUT2D eigenvalue weighted by Gasteiger charge is -2.20. The van der Waals surface area contributed by atoms with Crippen molar-refractivity contribution in [3.8, 4) is 0 Å². The molecule has 0 radical (unpaired) electrons. The van der Waals surface area contributed by atoms with Gasteiger partial charge in [-0.2, -0.15) is 8.42 Å². The van der Waals surface area contributed by atoms with Crippen molar-refractivity contribution in [1.82, 2.24) is 0 Å². The Labute approximate surface area is 122 Å². The number of hydrogen-bond acceptors (Lipinski definition) is 4. The van der Waals surface area contributed by atoms with Gasteiger partial charge < -0.3 is 5.32 Å². The van der Waals surface area contributed by atoms with E-state index in [2.05, 4.69) is 10.0 Å². The highest BCUT2D eigenvalue weighted by Crippen LogP contribution is 2.26. The number of carbonyl (C=O) groups excluding carboxylic acids is 1. The van der Waals surface area contributed by atoms with Crippen LogP contribution in [0.25, 0.3) is 0 Å². The fourth-order valence-corrected chi connectivity index (χ4v) is 3.65. The van der Waals surface area contributed by atoms with Gasteiger partial charge in [0.1, 0.15) is 0 Å². The van der Waals surface area contributed by atoms with Gasteiger partial charge in [0.05, 0.1) is 10.9 Å². The Morgan fingerprint density at radius 1 is 1.30 bits per heavy atom. The average molecular weight is 315 g/mol. The molecule has 1 aromatic rings. The van der Waals surface area contributed by atoms with E-state index in [1.807, 2.05) is 0 Å². The van der Waals surface area contributed by atoms with Crippen molar-refractivity contribution in [2.45, 2.75) is 24.5 Å². The minimum atomic E-state index is -3.81. The Hall–Kier alpha value is -1.25. The van der Waals surface area contributed by atoms with Gasteiger partial charge in [0.15, 0.2) is 0 Å². The Bertz CT molecular complexity index is 583. The summed E-state index contributed by atoms with van der Waals surface area (Å²) < 4.78 is 24.1. The molecule has 1 saturated heterocycles. The number of amides is 1. The van der Waals surface area contributed by atoms with Crippen LogP contribution in [0, 0.1) is 0 Å². The summed E-state index contributed by atoms with van der Waals surface area (Å²) in [6, 6.07) is 6.46. The van der Waals surface area contributed by atoms with Crippen molar-refractivity contribution in [2.75, 3.05) is 15.8 Å². The minimum absolute atomic E-state index is 0.0291. The predicted molar refractivity (Wildman–Crippen MR) is 81.9 cm³/mol. The molecule has 1 unspecified atom stereocenters. The molecule has 6 nitrogen and oxygen atoms in total. The summed E-state index contributed by atoms with van der Waals surface area (Å²) in [5.74, 6) is 0.966. The van der Waals surface area contributed by atoms with E-state index in [1.165, 1.54) is 6.07 Å². The normalized spacial score (nSPS) is 19.4. The van der Waals surface area contributed by atoms with Gasteiger partial charge in [-0.15, -0.1) is 11.8 Å². The number of nitrogens with one attached hydrogen (secondary N) is 2. The summed E-state index contributed by atoms with van der Waals surface area (Å²) >= 11 is 1.66. The zero-order valence-corrected chi connectivity index (χ0v) is 12.5. The molecule has 4 N–H and O–H groups in total. The third-order valence-corrected chi connectivity index (χ3v) is 4.76. The van der Waals surface area contributed by atoms with Crippen LogP contribution in [0.5, 0.6) is 0 Å². The van der Waals surface area contributed by atoms with Gasteiger partial charge in [-0.25, -0.2) is 5.14 Å². The quantitative estimate of drug-likeness (QED) is 0.784. The van der Waals surface area contributed by atoms with E-state index >= 15 is 0 Å². The summed E-state index contributed by atoms with van der Waals surface area (Å²) in [7, 11) is -3.81. The smallest absolute Gasteiger partial charge is 0.296 e. The van der Waals surface area contributed by atoms with Crippen LogP contribution in [0.3, 0.4) is 0 Å². The average Bonchev–Trinajstić information content (AvgIpc) is 2.38. The molecular formula is C12H17N3O3S2. The predicted octanol–water partition coefficient (Wildman–Crippen LogP) is 1.53. The molecule has 1 heterocycles. The number of carbonyl (C=O) groups is 1. The summed E-state index contributed by atoms with van der Waals surface area (Å²) in [6.45, 7) is 0. The first kappa shape index (κ1) is 15.1. The molecule has 0 bridgehead atoms. The molecular weight excluding hydrogens is 298 g/mol. The first-order valence-corrected chi connectivity index (χ1v) is 8.87. The number of thioether (sulfide) groups is 1. The van der Waals surface area contributed by atoms with Gasteiger partial charge in [-0.1, -0.05) is 12.5 Å². The second-order valence-corrected chi connectivity index (χ2v) is 7.18. The zero-order chi connectivity index (χ0) is 14.6. The van der Waals surface area contributed by atoms with Gasteiger partial charge >= 0.3 is 0 Å². The van der Waals surface area contributed by atoms with Crippen LogP contribution in [0.2, 0.25) is 0 Å². The minimum Gasteiger partial charge on any atom is -0.325 e. The van der Waals surface area contributed by atoms with E-state index in [-0.39, 0.29) is 11.2 Å². The van der Waals surface area contributed by atoms with Gasteiger partial charge in [0.25, 0.3) is 10.2 Å². The van der Waals surface area contributed by atoms with Gasteiger partial charge in [0.2, 0.25) is 5.91 Å². The van der Waals surface area contributed by atoms with Crippen molar-refractivity contribution < 1.29 is 13.2 Å². The molecule has 1 amide bonds. The van der Waals surface area contributed by atoms with Crippen molar-refractivity contribution in [3.05, 3.63) is 24.3 Å². The number of benzene rings is 1.